The normalized spacial score (nSPS) is 17.2. The van der Waals surface area contributed by atoms with Gasteiger partial charge in [-0.3, -0.25) is 4.79 Å². The second-order valence-corrected chi connectivity index (χ2v) is 7.67. The van der Waals surface area contributed by atoms with E-state index in [4.69, 9.17) is 0 Å². The van der Waals surface area contributed by atoms with Crippen LogP contribution in [0.1, 0.15) is 25.3 Å². The number of hydrogen-bond acceptors (Lipinski definition) is 3. The van der Waals surface area contributed by atoms with E-state index >= 15 is 0 Å². The molecule has 0 unspecified atom stereocenters. The van der Waals surface area contributed by atoms with Gasteiger partial charge in [-0.2, -0.15) is 0 Å². The maximum atomic E-state index is 12.2. The molecular formula is C15H21NO3S. The first kappa shape index (κ1) is 15.0. The summed E-state index contributed by atoms with van der Waals surface area (Å²) < 4.78 is 22.7. The molecule has 1 aliphatic rings. The summed E-state index contributed by atoms with van der Waals surface area (Å²) in [6.45, 7) is 3.88. The van der Waals surface area contributed by atoms with Crippen LogP contribution in [-0.2, 0) is 21.1 Å². The molecule has 1 amide bonds. The largest absolute Gasteiger partial charge is 0.342 e. The lowest BCUT2D eigenvalue weighted by Gasteiger charge is -2.30. The lowest BCUT2D eigenvalue weighted by Crippen LogP contribution is -2.38. The number of carbonyl (C=O) groups excluding carboxylic acids is 1. The summed E-state index contributed by atoms with van der Waals surface area (Å²) in [7, 11) is -3.17. The smallest absolute Gasteiger partial charge is 0.226 e. The van der Waals surface area contributed by atoms with Crippen LogP contribution in [0.15, 0.2) is 29.2 Å². The summed E-state index contributed by atoms with van der Waals surface area (Å²) in [6.07, 6.45) is 3.66. The summed E-state index contributed by atoms with van der Waals surface area (Å²) >= 11 is 0. The van der Waals surface area contributed by atoms with Gasteiger partial charge in [0.1, 0.15) is 0 Å². The fraction of sp³-hybridized carbons (Fsp3) is 0.533. The van der Waals surface area contributed by atoms with Crippen LogP contribution in [-0.4, -0.2) is 38.6 Å². The zero-order valence-electron chi connectivity index (χ0n) is 12.0. The van der Waals surface area contributed by atoms with Crippen molar-refractivity contribution in [3.63, 3.8) is 0 Å². The molecule has 1 saturated heterocycles. The summed E-state index contributed by atoms with van der Waals surface area (Å²) in [5, 5.41) is 0. The quantitative estimate of drug-likeness (QED) is 0.855. The van der Waals surface area contributed by atoms with Crippen molar-refractivity contribution >= 4 is 15.7 Å². The molecule has 0 N–H and O–H groups in total. The van der Waals surface area contributed by atoms with E-state index in [9.17, 15) is 13.2 Å². The summed E-state index contributed by atoms with van der Waals surface area (Å²) in [5.41, 5.74) is 0.862. The number of likely N-dealkylation sites (tertiary alicyclic amines) is 1. The van der Waals surface area contributed by atoms with E-state index < -0.39 is 9.84 Å². The minimum atomic E-state index is -3.17. The van der Waals surface area contributed by atoms with Gasteiger partial charge in [0.05, 0.1) is 11.3 Å². The van der Waals surface area contributed by atoms with E-state index in [0.29, 0.717) is 17.2 Å². The molecule has 5 heteroatoms. The molecule has 1 heterocycles. The van der Waals surface area contributed by atoms with Gasteiger partial charge in [-0.25, -0.2) is 8.42 Å². The lowest BCUT2D eigenvalue weighted by atomic mass is 9.98. The van der Waals surface area contributed by atoms with E-state index in [0.717, 1.165) is 31.5 Å². The number of amides is 1. The highest BCUT2D eigenvalue weighted by Gasteiger charge is 2.20. The maximum absolute atomic E-state index is 12.2. The Kier molecular flexibility index (Phi) is 4.48. The number of hydrogen-bond donors (Lipinski definition) is 0. The molecule has 0 bridgehead atoms. The van der Waals surface area contributed by atoms with Crippen molar-refractivity contribution in [3.05, 3.63) is 29.8 Å². The highest BCUT2D eigenvalue weighted by atomic mass is 32.2. The third-order valence-corrected chi connectivity index (χ3v) is 4.97. The van der Waals surface area contributed by atoms with Crippen LogP contribution >= 0.6 is 0 Å². The molecule has 0 atom stereocenters. The molecule has 0 spiro atoms. The Morgan fingerprint density at radius 2 is 1.75 bits per heavy atom. The van der Waals surface area contributed by atoms with Crippen LogP contribution in [0, 0.1) is 5.92 Å². The number of sulfone groups is 1. The molecule has 0 saturated carbocycles. The van der Waals surface area contributed by atoms with E-state index in [2.05, 4.69) is 6.92 Å². The Morgan fingerprint density at radius 3 is 2.25 bits per heavy atom. The third kappa shape index (κ3) is 3.82. The third-order valence-electron chi connectivity index (χ3n) is 3.84. The number of benzene rings is 1. The van der Waals surface area contributed by atoms with Crippen LogP contribution in [0.5, 0.6) is 0 Å². The van der Waals surface area contributed by atoms with Gasteiger partial charge in [0, 0.05) is 19.3 Å². The Hall–Kier alpha value is -1.36. The zero-order valence-corrected chi connectivity index (χ0v) is 12.8. The molecular weight excluding hydrogens is 274 g/mol. The zero-order chi connectivity index (χ0) is 14.8. The van der Waals surface area contributed by atoms with Crippen LogP contribution < -0.4 is 0 Å². The molecule has 20 heavy (non-hydrogen) atoms. The second-order valence-electron chi connectivity index (χ2n) is 5.66. The highest BCUT2D eigenvalue weighted by Crippen LogP contribution is 2.17. The number of carbonyl (C=O) groups is 1. The van der Waals surface area contributed by atoms with E-state index in [-0.39, 0.29) is 5.91 Å². The summed E-state index contributed by atoms with van der Waals surface area (Å²) in [6, 6.07) is 6.58. The van der Waals surface area contributed by atoms with Gasteiger partial charge >= 0.3 is 0 Å². The fourth-order valence-corrected chi connectivity index (χ4v) is 3.03. The van der Waals surface area contributed by atoms with Crippen LogP contribution in [0.3, 0.4) is 0 Å². The molecule has 4 nitrogen and oxygen atoms in total. The Balaban J connectivity index is 1.98. The van der Waals surface area contributed by atoms with Gasteiger partial charge in [0.25, 0.3) is 0 Å². The Labute approximate surface area is 120 Å². The number of rotatable bonds is 3. The van der Waals surface area contributed by atoms with E-state index in [1.165, 1.54) is 6.26 Å². The van der Waals surface area contributed by atoms with Crippen molar-refractivity contribution in [2.45, 2.75) is 31.1 Å². The summed E-state index contributed by atoms with van der Waals surface area (Å²) in [5.74, 6) is 0.831. The topological polar surface area (TPSA) is 54.5 Å². The second kappa shape index (κ2) is 5.95. The van der Waals surface area contributed by atoms with Gasteiger partial charge in [0.15, 0.2) is 9.84 Å². The molecule has 1 fully saturated rings. The molecule has 1 aliphatic heterocycles. The minimum Gasteiger partial charge on any atom is -0.342 e. The van der Waals surface area contributed by atoms with Crippen molar-refractivity contribution in [2.75, 3.05) is 19.3 Å². The fourth-order valence-electron chi connectivity index (χ4n) is 2.40. The van der Waals surface area contributed by atoms with Gasteiger partial charge in [-0.15, -0.1) is 0 Å². The van der Waals surface area contributed by atoms with Crippen molar-refractivity contribution in [3.8, 4) is 0 Å². The average molecular weight is 295 g/mol. The molecule has 2 rings (SSSR count). The minimum absolute atomic E-state index is 0.129. The standard InChI is InChI=1S/C15H21NO3S/c1-12-7-9-16(10-8-12)15(17)11-13-3-5-14(6-4-13)20(2,18)19/h3-6,12H,7-11H2,1-2H3. The first-order valence-corrected chi connectivity index (χ1v) is 8.82. The highest BCUT2D eigenvalue weighted by molar-refractivity contribution is 7.90. The predicted molar refractivity (Wildman–Crippen MR) is 78.2 cm³/mol. The van der Waals surface area contributed by atoms with Gasteiger partial charge < -0.3 is 4.90 Å². The molecule has 0 aromatic heterocycles. The van der Waals surface area contributed by atoms with Gasteiger partial charge in [0.2, 0.25) is 5.91 Å². The van der Waals surface area contributed by atoms with E-state index in [1.807, 2.05) is 4.90 Å². The van der Waals surface area contributed by atoms with Crippen molar-refractivity contribution in [2.24, 2.45) is 5.92 Å². The first-order valence-electron chi connectivity index (χ1n) is 6.93. The maximum Gasteiger partial charge on any atom is 0.226 e. The van der Waals surface area contributed by atoms with Crippen LogP contribution in [0.25, 0.3) is 0 Å². The van der Waals surface area contributed by atoms with Gasteiger partial charge in [-0.1, -0.05) is 19.1 Å². The van der Waals surface area contributed by atoms with Crippen molar-refractivity contribution in [1.29, 1.82) is 0 Å². The molecule has 0 aliphatic carbocycles. The van der Waals surface area contributed by atoms with Gasteiger partial charge in [-0.05, 0) is 36.5 Å². The lowest BCUT2D eigenvalue weighted by molar-refractivity contribution is -0.131. The number of piperidine rings is 1. The molecule has 110 valence electrons. The average Bonchev–Trinajstić information content (AvgIpc) is 2.39. The molecule has 1 aromatic carbocycles. The molecule has 1 aromatic rings. The monoisotopic (exact) mass is 295 g/mol. The van der Waals surface area contributed by atoms with E-state index in [1.54, 1.807) is 24.3 Å². The predicted octanol–water partition coefficient (Wildman–Crippen LogP) is 1.89. The SMILES string of the molecule is CC1CCN(C(=O)Cc2ccc(S(C)(=O)=O)cc2)CC1. The van der Waals surface area contributed by atoms with Crippen LogP contribution in [0.4, 0.5) is 0 Å². The van der Waals surface area contributed by atoms with Crippen molar-refractivity contribution in [1.82, 2.24) is 4.90 Å². The Morgan fingerprint density at radius 1 is 1.20 bits per heavy atom. The van der Waals surface area contributed by atoms with Crippen LogP contribution in [0.2, 0.25) is 0 Å². The summed E-state index contributed by atoms with van der Waals surface area (Å²) in [4.78, 5) is 14.4. The number of nitrogens with zero attached hydrogens (tertiary/aromatic N) is 1. The Bertz CT molecular complexity index is 570. The first-order chi connectivity index (χ1) is 9.36. The molecule has 0 radical (unpaired) electrons. The van der Waals surface area contributed by atoms with Crippen molar-refractivity contribution < 1.29 is 13.2 Å².